The zero-order valence-electron chi connectivity index (χ0n) is 13.2. The van der Waals surface area contributed by atoms with E-state index in [1.54, 1.807) is 37.5 Å². The summed E-state index contributed by atoms with van der Waals surface area (Å²) in [4.78, 5) is 13.2. The van der Waals surface area contributed by atoms with Gasteiger partial charge in [-0.2, -0.15) is 8.78 Å². The fourth-order valence-corrected chi connectivity index (χ4v) is 2.57. The minimum Gasteiger partial charge on any atom is -0.496 e. The van der Waals surface area contributed by atoms with Crippen molar-refractivity contribution >= 4 is 23.6 Å². The lowest BCUT2D eigenvalue weighted by Crippen LogP contribution is -2.01. The molecule has 0 aliphatic carbocycles. The molecule has 0 heterocycles. The van der Waals surface area contributed by atoms with E-state index in [-0.39, 0.29) is 11.5 Å². The molecule has 2 aromatic rings. The Bertz CT molecular complexity index is 728. The van der Waals surface area contributed by atoms with Gasteiger partial charge in [-0.05, 0) is 48.2 Å². The van der Waals surface area contributed by atoms with Crippen LogP contribution < -0.4 is 9.47 Å². The van der Waals surface area contributed by atoms with E-state index in [0.29, 0.717) is 16.9 Å². The lowest BCUT2D eigenvalue weighted by atomic mass is 10.1. The maximum Gasteiger partial charge on any atom is 0.387 e. The fourth-order valence-electron chi connectivity index (χ4n) is 2.02. The second-order valence-electron chi connectivity index (χ2n) is 4.71. The van der Waals surface area contributed by atoms with Crippen LogP contribution in [0.5, 0.6) is 11.5 Å². The van der Waals surface area contributed by atoms with Crippen LogP contribution in [-0.4, -0.2) is 25.8 Å². The Morgan fingerprint density at radius 3 is 2.46 bits per heavy atom. The van der Waals surface area contributed by atoms with Crippen LogP contribution in [0.2, 0.25) is 0 Å². The van der Waals surface area contributed by atoms with E-state index in [1.165, 1.54) is 30.0 Å². The number of benzene rings is 2. The van der Waals surface area contributed by atoms with Crippen molar-refractivity contribution < 1.29 is 23.0 Å². The van der Waals surface area contributed by atoms with Crippen molar-refractivity contribution in [3.8, 4) is 11.5 Å². The molecule has 126 valence electrons. The monoisotopic (exact) mass is 350 g/mol. The summed E-state index contributed by atoms with van der Waals surface area (Å²) in [6, 6.07) is 11.3. The highest BCUT2D eigenvalue weighted by atomic mass is 32.2. The number of carbonyl (C=O) groups is 1. The van der Waals surface area contributed by atoms with Gasteiger partial charge in [-0.25, -0.2) is 0 Å². The summed E-state index contributed by atoms with van der Waals surface area (Å²) in [6.45, 7) is -2.85. The second kappa shape index (κ2) is 8.49. The van der Waals surface area contributed by atoms with Gasteiger partial charge in [-0.15, -0.1) is 11.8 Å². The first kappa shape index (κ1) is 18.0. The van der Waals surface area contributed by atoms with Crippen LogP contribution in [0.4, 0.5) is 8.78 Å². The second-order valence-corrected chi connectivity index (χ2v) is 5.56. The molecule has 2 aromatic carbocycles. The predicted octanol–water partition coefficient (Wildman–Crippen LogP) is 4.91. The molecule has 3 nitrogen and oxygen atoms in total. The number of alkyl halides is 2. The Balaban J connectivity index is 2.10. The van der Waals surface area contributed by atoms with Crippen LogP contribution >= 0.6 is 11.8 Å². The zero-order valence-corrected chi connectivity index (χ0v) is 14.0. The topological polar surface area (TPSA) is 35.5 Å². The molecule has 0 N–H and O–H groups in total. The highest BCUT2D eigenvalue weighted by Gasteiger charge is 2.08. The van der Waals surface area contributed by atoms with E-state index in [9.17, 15) is 13.6 Å². The maximum atomic E-state index is 12.2. The van der Waals surface area contributed by atoms with E-state index in [1.807, 2.05) is 12.3 Å². The van der Waals surface area contributed by atoms with Crippen molar-refractivity contribution in [3.05, 3.63) is 59.7 Å². The minimum absolute atomic E-state index is 0.0749. The Morgan fingerprint density at radius 2 is 1.88 bits per heavy atom. The molecule has 0 unspecified atom stereocenters. The number of allylic oxidation sites excluding steroid dienone is 1. The van der Waals surface area contributed by atoms with Crippen LogP contribution in [0.3, 0.4) is 0 Å². The van der Waals surface area contributed by atoms with Crippen molar-refractivity contribution in [1.82, 2.24) is 0 Å². The third kappa shape index (κ3) is 4.83. The lowest BCUT2D eigenvalue weighted by molar-refractivity contribution is -0.0498. The normalized spacial score (nSPS) is 11.0. The van der Waals surface area contributed by atoms with Crippen molar-refractivity contribution in [3.63, 3.8) is 0 Å². The summed E-state index contributed by atoms with van der Waals surface area (Å²) in [5.41, 5.74) is 1.22. The molecule has 0 saturated carbocycles. The van der Waals surface area contributed by atoms with Gasteiger partial charge in [0, 0.05) is 10.5 Å². The Morgan fingerprint density at radius 1 is 1.17 bits per heavy atom. The average Bonchev–Trinajstić information content (AvgIpc) is 2.59. The first-order valence-corrected chi connectivity index (χ1v) is 8.25. The Kier molecular flexibility index (Phi) is 6.37. The number of ketones is 1. The number of hydrogen-bond acceptors (Lipinski definition) is 4. The van der Waals surface area contributed by atoms with Gasteiger partial charge >= 0.3 is 6.61 Å². The molecular formula is C18H16F2O3S. The molecular weight excluding hydrogens is 334 g/mol. The number of halogens is 2. The van der Waals surface area contributed by atoms with Gasteiger partial charge < -0.3 is 9.47 Å². The molecule has 0 fully saturated rings. The van der Waals surface area contributed by atoms with E-state index >= 15 is 0 Å². The number of ether oxygens (including phenoxy) is 2. The molecule has 0 aliphatic heterocycles. The molecule has 2 rings (SSSR count). The van der Waals surface area contributed by atoms with Gasteiger partial charge in [0.05, 0.1) is 7.11 Å². The molecule has 6 heteroatoms. The molecule has 0 bridgehead atoms. The van der Waals surface area contributed by atoms with Gasteiger partial charge in [-0.3, -0.25) is 4.79 Å². The number of rotatable bonds is 7. The predicted molar refractivity (Wildman–Crippen MR) is 91.2 cm³/mol. The molecule has 24 heavy (non-hydrogen) atoms. The van der Waals surface area contributed by atoms with Gasteiger partial charge in [-0.1, -0.05) is 18.2 Å². The van der Waals surface area contributed by atoms with Gasteiger partial charge in [0.25, 0.3) is 0 Å². The Hall–Kier alpha value is -2.34. The van der Waals surface area contributed by atoms with E-state index in [4.69, 9.17) is 4.74 Å². The van der Waals surface area contributed by atoms with Crippen molar-refractivity contribution in [2.75, 3.05) is 13.4 Å². The number of methoxy groups -OCH3 is 1. The maximum absolute atomic E-state index is 12.2. The quantitative estimate of drug-likeness (QED) is 0.404. The minimum atomic E-state index is -2.85. The molecule has 0 aliphatic rings. The number of carbonyl (C=O) groups excluding carboxylic acids is 1. The van der Waals surface area contributed by atoms with Gasteiger partial charge in [0.1, 0.15) is 11.5 Å². The molecule has 0 radical (unpaired) electrons. The van der Waals surface area contributed by atoms with Crippen LogP contribution in [0.15, 0.2) is 53.4 Å². The highest BCUT2D eigenvalue weighted by Crippen LogP contribution is 2.28. The van der Waals surface area contributed by atoms with Crippen molar-refractivity contribution in [2.24, 2.45) is 0 Å². The summed E-state index contributed by atoms with van der Waals surface area (Å²) in [7, 11) is 1.56. The van der Waals surface area contributed by atoms with E-state index < -0.39 is 6.61 Å². The SMILES string of the molecule is COc1cc(C(=O)/C=C/c2ccc(OC(F)F)cc2)ccc1SC. The lowest BCUT2D eigenvalue weighted by Gasteiger charge is -2.07. The highest BCUT2D eigenvalue weighted by molar-refractivity contribution is 7.98. The summed E-state index contributed by atoms with van der Waals surface area (Å²) in [5, 5.41) is 0. The molecule has 0 atom stereocenters. The standard InChI is InChI=1S/C18H16F2O3S/c1-22-16-11-13(6-10-17(16)24-2)15(21)9-5-12-3-7-14(8-4-12)23-18(19)20/h3-11,18H,1-2H3/b9-5+. The van der Waals surface area contributed by atoms with Crippen molar-refractivity contribution in [2.45, 2.75) is 11.5 Å². The summed E-state index contributed by atoms with van der Waals surface area (Å²) in [6.07, 6.45) is 4.97. The molecule has 0 aromatic heterocycles. The van der Waals surface area contributed by atoms with Gasteiger partial charge in [0.2, 0.25) is 0 Å². The smallest absolute Gasteiger partial charge is 0.387 e. The number of hydrogen-bond donors (Lipinski definition) is 0. The van der Waals surface area contributed by atoms with Gasteiger partial charge in [0.15, 0.2) is 5.78 Å². The summed E-state index contributed by atoms with van der Waals surface area (Å²) >= 11 is 1.54. The summed E-state index contributed by atoms with van der Waals surface area (Å²) in [5.74, 6) is 0.551. The zero-order chi connectivity index (χ0) is 17.5. The molecule has 0 spiro atoms. The average molecular weight is 350 g/mol. The van der Waals surface area contributed by atoms with Crippen LogP contribution in [0, 0.1) is 0 Å². The van der Waals surface area contributed by atoms with Crippen LogP contribution in [0.25, 0.3) is 6.08 Å². The largest absolute Gasteiger partial charge is 0.496 e. The molecule has 0 amide bonds. The van der Waals surface area contributed by atoms with E-state index in [0.717, 1.165) is 4.90 Å². The fraction of sp³-hybridized carbons (Fsp3) is 0.167. The first-order valence-electron chi connectivity index (χ1n) is 7.03. The third-order valence-electron chi connectivity index (χ3n) is 3.20. The Labute approximate surface area is 143 Å². The van der Waals surface area contributed by atoms with E-state index in [2.05, 4.69) is 4.74 Å². The van der Waals surface area contributed by atoms with Crippen LogP contribution in [-0.2, 0) is 0 Å². The molecule has 0 saturated heterocycles. The van der Waals surface area contributed by atoms with Crippen molar-refractivity contribution in [1.29, 1.82) is 0 Å². The first-order chi connectivity index (χ1) is 11.5. The van der Waals surface area contributed by atoms with Crippen LogP contribution in [0.1, 0.15) is 15.9 Å². The number of thioether (sulfide) groups is 1. The summed E-state index contributed by atoms with van der Waals surface area (Å²) < 4.78 is 33.7. The third-order valence-corrected chi connectivity index (χ3v) is 3.98.